The van der Waals surface area contributed by atoms with Crippen LogP contribution in [0.5, 0.6) is 0 Å². The molecule has 0 bridgehead atoms. The molecule has 0 spiro atoms. The SMILES string of the molecule is C=CCO[C@@H](CCCCC)C(=C)C. The fourth-order valence-electron chi connectivity index (χ4n) is 1.24. The van der Waals surface area contributed by atoms with E-state index in [2.05, 4.69) is 20.1 Å². The molecular weight excluding hydrogens is 160 g/mol. The molecular formula is C12H22O. The lowest BCUT2D eigenvalue weighted by atomic mass is 10.1. The minimum Gasteiger partial charge on any atom is -0.370 e. The Morgan fingerprint density at radius 2 is 2.15 bits per heavy atom. The minimum absolute atomic E-state index is 0.226. The smallest absolute Gasteiger partial charge is 0.0784 e. The second-order valence-corrected chi connectivity index (χ2v) is 3.45. The van der Waals surface area contributed by atoms with Crippen LogP contribution >= 0.6 is 0 Å². The van der Waals surface area contributed by atoms with E-state index in [-0.39, 0.29) is 6.10 Å². The van der Waals surface area contributed by atoms with E-state index in [1.807, 2.05) is 6.92 Å². The number of unbranched alkanes of at least 4 members (excludes halogenated alkanes) is 2. The van der Waals surface area contributed by atoms with Crippen LogP contribution in [0, 0.1) is 0 Å². The van der Waals surface area contributed by atoms with Crippen LogP contribution in [0.3, 0.4) is 0 Å². The van der Waals surface area contributed by atoms with Gasteiger partial charge in [0.2, 0.25) is 0 Å². The Hall–Kier alpha value is -0.560. The van der Waals surface area contributed by atoms with Crippen molar-refractivity contribution in [3.8, 4) is 0 Å². The van der Waals surface area contributed by atoms with E-state index in [9.17, 15) is 0 Å². The van der Waals surface area contributed by atoms with Crippen molar-refractivity contribution < 1.29 is 4.74 Å². The fraction of sp³-hybridized carbons (Fsp3) is 0.667. The predicted molar refractivity (Wildman–Crippen MR) is 58.9 cm³/mol. The molecule has 0 amide bonds. The second-order valence-electron chi connectivity index (χ2n) is 3.45. The van der Waals surface area contributed by atoms with Crippen LogP contribution in [0.2, 0.25) is 0 Å². The van der Waals surface area contributed by atoms with Gasteiger partial charge in [-0.25, -0.2) is 0 Å². The summed E-state index contributed by atoms with van der Waals surface area (Å²) in [6.07, 6.45) is 6.87. The summed E-state index contributed by atoms with van der Waals surface area (Å²) in [6, 6.07) is 0. The van der Waals surface area contributed by atoms with Crippen LogP contribution < -0.4 is 0 Å². The van der Waals surface area contributed by atoms with Crippen LogP contribution in [-0.4, -0.2) is 12.7 Å². The summed E-state index contributed by atoms with van der Waals surface area (Å²) < 4.78 is 5.58. The highest BCUT2D eigenvalue weighted by Gasteiger charge is 2.07. The van der Waals surface area contributed by atoms with Crippen molar-refractivity contribution >= 4 is 0 Å². The number of rotatable bonds is 8. The zero-order valence-electron chi connectivity index (χ0n) is 9.01. The maximum Gasteiger partial charge on any atom is 0.0784 e. The molecule has 0 unspecified atom stereocenters. The molecule has 0 saturated heterocycles. The number of hydrogen-bond donors (Lipinski definition) is 0. The summed E-state index contributed by atoms with van der Waals surface area (Å²) in [5, 5.41) is 0. The first-order valence-electron chi connectivity index (χ1n) is 5.10. The molecule has 0 N–H and O–H groups in total. The molecule has 0 heterocycles. The molecule has 1 atom stereocenters. The third-order valence-corrected chi connectivity index (χ3v) is 2.03. The normalized spacial score (nSPS) is 12.5. The third-order valence-electron chi connectivity index (χ3n) is 2.03. The van der Waals surface area contributed by atoms with Crippen molar-refractivity contribution in [1.82, 2.24) is 0 Å². The van der Waals surface area contributed by atoms with Gasteiger partial charge in [-0.1, -0.05) is 44.4 Å². The predicted octanol–water partition coefficient (Wildman–Crippen LogP) is 3.71. The van der Waals surface area contributed by atoms with E-state index in [0.29, 0.717) is 6.61 Å². The van der Waals surface area contributed by atoms with Crippen molar-refractivity contribution in [2.75, 3.05) is 6.61 Å². The first-order chi connectivity index (χ1) is 6.22. The largest absolute Gasteiger partial charge is 0.370 e. The molecule has 0 fully saturated rings. The Morgan fingerprint density at radius 3 is 2.62 bits per heavy atom. The van der Waals surface area contributed by atoms with E-state index < -0.39 is 0 Å². The summed E-state index contributed by atoms with van der Waals surface area (Å²) in [7, 11) is 0. The first kappa shape index (κ1) is 12.4. The molecule has 0 rings (SSSR count). The molecule has 0 aliphatic heterocycles. The van der Waals surface area contributed by atoms with Gasteiger partial charge in [0.05, 0.1) is 12.7 Å². The monoisotopic (exact) mass is 182 g/mol. The Bertz CT molecular complexity index is 149. The summed E-state index contributed by atoms with van der Waals surface area (Å²) >= 11 is 0. The van der Waals surface area contributed by atoms with E-state index >= 15 is 0 Å². The Balaban J connectivity index is 3.66. The van der Waals surface area contributed by atoms with Crippen molar-refractivity contribution in [3.05, 3.63) is 24.8 Å². The Labute approximate surface area is 82.5 Å². The van der Waals surface area contributed by atoms with Crippen molar-refractivity contribution in [2.24, 2.45) is 0 Å². The molecule has 76 valence electrons. The quantitative estimate of drug-likeness (QED) is 0.410. The lowest BCUT2D eigenvalue weighted by Gasteiger charge is -2.16. The van der Waals surface area contributed by atoms with Gasteiger partial charge in [-0.3, -0.25) is 0 Å². The molecule has 0 aromatic rings. The van der Waals surface area contributed by atoms with E-state index in [0.717, 1.165) is 12.0 Å². The summed E-state index contributed by atoms with van der Waals surface area (Å²) in [5.41, 5.74) is 1.12. The Morgan fingerprint density at radius 1 is 1.46 bits per heavy atom. The van der Waals surface area contributed by atoms with Gasteiger partial charge < -0.3 is 4.74 Å². The zero-order chi connectivity index (χ0) is 10.1. The van der Waals surface area contributed by atoms with Gasteiger partial charge in [0, 0.05) is 0 Å². The second kappa shape index (κ2) is 8.06. The fourth-order valence-corrected chi connectivity index (χ4v) is 1.24. The summed E-state index contributed by atoms with van der Waals surface area (Å²) in [6.45, 7) is 12.4. The highest BCUT2D eigenvalue weighted by atomic mass is 16.5. The maximum atomic E-state index is 5.58. The molecule has 13 heavy (non-hydrogen) atoms. The molecule has 0 aromatic heterocycles. The Kier molecular flexibility index (Phi) is 7.71. The molecule has 0 radical (unpaired) electrons. The number of ether oxygens (including phenoxy) is 1. The van der Waals surface area contributed by atoms with Gasteiger partial charge in [0.25, 0.3) is 0 Å². The lowest BCUT2D eigenvalue weighted by molar-refractivity contribution is 0.0925. The molecule has 0 aliphatic rings. The van der Waals surface area contributed by atoms with Crippen LogP contribution in [0.1, 0.15) is 39.5 Å². The average molecular weight is 182 g/mol. The molecule has 1 nitrogen and oxygen atoms in total. The van der Waals surface area contributed by atoms with E-state index in [4.69, 9.17) is 4.74 Å². The van der Waals surface area contributed by atoms with Crippen LogP contribution in [0.25, 0.3) is 0 Å². The standard InChI is InChI=1S/C12H22O/c1-5-7-8-9-12(11(3)4)13-10-6-2/h6,12H,2-3,5,7-10H2,1,4H3/t12-/m0/s1. The molecule has 1 heteroatoms. The van der Waals surface area contributed by atoms with Crippen LogP contribution in [-0.2, 0) is 4.74 Å². The van der Waals surface area contributed by atoms with Crippen LogP contribution in [0.15, 0.2) is 24.8 Å². The highest BCUT2D eigenvalue weighted by molar-refractivity contribution is 4.97. The zero-order valence-corrected chi connectivity index (χ0v) is 9.01. The third kappa shape index (κ3) is 6.59. The van der Waals surface area contributed by atoms with Crippen molar-refractivity contribution in [1.29, 1.82) is 0 Å². The molecule has 0 saturated carbocycles. The summed E-state index contributed by atoms with van der Waals surface area (Å²) in [4.78, 5) is 0. The topological polar surface area (TPSA) is 9.23 Å². The van der Waals surface area contributed by atoms with Crippen LogP contribution in [0.4, 0.5) is 0 Å². The average Bonchev–Trinajstić information content (AvgIpc) is 2.10. The molecule has 0 aliphatic carbocycles. The minimum atomic E-state index is 0.226. The number of hydrogen-bond acceptors (Lipinski definition) is 1. The van der Waals surface area contributed by atoms with Gasteiger partial charge in [0.15, 0.2) is 0 Å². The van der Waals surface area contributed by atoms with Crippen molar-refractivity contribution in [2.45, 2.75) is 45.6 Å². The highest BCUT2D eigenvalue weighted by Crippen LogP contribution is 2.13. The first-order valence-corrected chi connectivity index (χ1v) is 5.10. The van der Waals surface area contributed by atoms with Gasteiger partial charge in [-0.15, -0.1) is 6.58 Å². The lowest BCUT2D eigenvalue weighted by Crippen LogP contribution is -2.13. The van der Waals surface area contributed by atoms with Gasteiger partial charge in [-0.2, -0.15) is 0 Å². The van der Waals surface area contributed by atoms with E-state index in [1.54, 1.807) is 6.08 Å². The van der Waals surface area contributed by atoms with Gasteiger partial charge >= 0.3 is 0 Å². The summed E-state index contributed by atoms with van der Waals surface area (Å²) in [5.74, 6) is 0. The maximum absolute atomic E-state index is 5.58. The van der Waals surface area contributed by atoms with E-state index in [1.165, 1.54) is 19.3 Å². The van der Waals surface area contributed by atoms with Gasteiger partial charge in [0.1, 0.15) is 0 Å². The molecule has 0 aromatic carbocycles. The van der Waals surface area contributed by atoms with Crippen molar-refractivity contribution in [3.63, 3.8) is 0 Å². The van der Waals surface area contributed by atoms with Gasteiger partial charge in [-0.05, 0) is 13.3 Å².